The van der Waals surface area contributed by atoms with Gasteiger partial charge < -0.3 is 5.73 Å². The first-order chi connectivity index (χ1) is 4.20. The van der Waals surface area contributed by atoms with Crippen LogP contribution in [0.2, 0.25) is 0 Å². The maximum atomic E-state index is 12.5. The van der Waals surface area contributed by atoms with Crippen LogP contribution in [0.15, 0.2) is 18.2 Å². The lowest BCUT2D eigenvalue weighted by molar-refractivity contribution is 0.619. The quantitative estimate of drug-likeness (QED) is 0.505. The van der Waals surface area contributed by atoms with Crippen molar-refractivity contribution in [2.75, 3.05) is 0 Å². The van der Waals surface area contributed by atoms with Crippen LogP contribution in [0.25, 0.3) is 0 Å². The highest BCUT2D eigenvalue weighted by molar-refractivity contribution is 5.36. The number of aryl methyl sites for hydroxylation is 1. The molecule has 0 aliphatic heterocycles. The molecule has 1 aromatic rings. The molecule has 0 amide bonds. The molecule has 0 saturated heterocycles. The third kappa shape index (κ3) is 1.19. The zero-order valence-electron chi connectivity index (χ0n) is 5.11. The van der Waals surface area contributed by atoms with Gasteiger partial charge in [-0.3, -0.25) is 0 Å². The highest BCUT2D eigenvalue weighted by Gasteiger charge is 1.94. The fraction of sp³-hybridized carbons (Fsp3) is 0.143. The first-order valence-electron chi connectivity index (χ1n) is 2.68. The van der Waals surface area contributed by atoms with Crippen LogP contribution in [0, 0.1) is 12.7 Å². The van der Waals surface area contributed by atoms with Crippen molar-refractivity contribution < 1.29 is 4.39 Å². The molecule has 0 aliphatic rings. The first-order valence-corrected chi connectivity index (χ1v) is 2.68. The Kier molecular flexibility index (Phi) is 1.39. The number of hydrogen-bond donors (Lipinski definition) is 0. The van der Waals surface area contributed by atoms with Crippen molar-refractivity contribution in [3.05, 3.63) is 29.6 Å². The molecule has 0 atom stereocenters. The van der Waals surface area contributed by atoms with Gasteiger partial charge in [0.1, 0.15) is 5.82 Å². The lowest BCUT2D eigenvalue weighted by Crippen LogP contribution is -1.79. The molecule has 47 valence electrons. The maximum Gasteiger partial charge on any atom is 0.128 e. The van der Waals surface area contributed by atoms with Crippen LogP contribution in [0.1, 0.15) is 5.56 Å². The Bertz CT molecular complexity index is 220. The third-order valence-corrected chi connectivity index (χ3v) is 1.17. The smallest absolute Gasteiger partial charge is 0.128 e. The van der Waals surface area contributed by atoms with Crippen molar-refractivity contribution in [1.82, 2.24) is 5.73 Å². The highest BCUT2D eigenvalue weighted by Crippen LogP contribution is 2.10. The molecular formula is C7H7FN. The van der Waals surface area contributed by atoms with Crippen molar-refractivity contribution >= 4 is 5.69 Å². The van der Waals surface area contributed by atoms with Crippen molar-refractivity contribution in [3.8, 4) is 0 Å². The van der Waals surface area contributed by atoms with Crippen molar-refractivity contribution in [3.63, 3.8) is 0 Å². The SMILES string of the molecule is Cc1ccc([NH])cc1F. The lowest BCUT2D eigenvalue weighted by Gasteiger charge is -1.93. The summed E-state index contributed by atoms with van der Waals surface area (Å²) in [4.78, 5) is 0. The molecule has 1 aromatic carbocycles. The second-order valence-corrected chi connectivity index (χ2v) is 1.96. The van der Waals surface area contributed by atoms with Gasteiger partial charge in [0.15, 0.2) is 0 Å². The van der Waals surface area contributed by atoms with E-state index in [1.165, 1.54) is 6.07 Å². The predicted molar refractivity (Wildman–Crippen MR) is 33.9 cm³/mol. The molecule has 1 N–H and O–H groups in total. The molecule has 0 fully saturated rings. The Hall–Kier alpha value is -1.05. The van der Waals surface area contributed by atoms with Gasteiger partial charge in [-0.25, -0.2) is 4.39 Å². The maximum absolute atomic E-state index is 12.5. The van der Waals surface area contributed by atoms with Gasteiger partial charge in [0.2, 0.25) is 0 Å². The van der Waals surface area contributed by atoms with E-state index in [4.69, 9.17) is 5.73 Å². The van der Waals surface area contributed by atoms with Crippen molar-refractivity contribution in [2.24, 2.45) is 0 Å². The van der Waals surface area contributed by atoms with Crippen molar-refractivity contribution in [1.29, 1.82) is 0 Å². The Morgan fingerprint density at radius 3 is 2.56 bits per heavy atom. The van der Waals surface area contributed by atoms with Gasteiger partial charge in [-0.2, -0.15) is 0 Å². The van der Waals surface area contributed by atoms with E-state index in [1.54, 1.807) is 19.1 Å². The zero-order chi connectivity index (χ0) is 6.85. The molecule has 0 saturated carbocycles. The summed E-state index contributed by atoms with van der Waals surface area (Å²) in [5.41, 5.74) is 7.80. The minimum Gasteiger partial charge on any atom is -0.301 e. The van der Waals surface area contributed by atoms with Crippen LogP contribution in [0.4, 0.5) is 10.1 Å². The third-order valence-electron chi connectivity index (χ3n) is 1.17. The van der Waals surface area contributed by atoms with Crippen LogP contribution >= 0.6 is 0 Å². The van der Waals surface area contributed by atoms with Gasteiger partial charge in [0.05, 0.1) is 5.69 Å². The predicted octanol–water partition coefficient (Wildman–Crippen LogP) is 2.05. The fourth-order valence-corrected chi connectivity index (χ4v) is 0.593. The van der Waals surface area contributed by atoms with E-state index in [9.17, 15) is 4.39 Å². The van der Waals surface area contributed by atoms with Gasteiger partial charge in [0.25, 0.3) is 0 Å². The Labute approximate surface area is 53.3 Å². The van der Waals surface area contributed by atoms with E-state index >= 15 is 0 Å². The number of nitrogens with one attached hydrogen (secondary N) is 1. The number of rotatable bonds is 0. The number of halogens is 1. The summed E-state index contributed by atoms with van der Waals surface area (Å²) in [5, 5.41) is 0. The Morgan fingerprint density at radius 2 is 2.11 bits per heavy atom. The van der Waals surface area contributed by atoms with Gasteiger partial charge in [0, 0.05) is 0 Å². The summed E-state index contributed by atoms with van der Waals surface area (Å²) in [6, 6.07) is 4.37. The summed E-state index contributed by atoms with van der Waals surface area (Å²) in [6.45, 7) is 1.68. The molecule has 1 radical (unpaired) electrons. The van der Waals surface area contributed by atoms with Crippen LogP contribution in [0.5, 0.6) is 0 Å². The second kappa shape index (κ2) is 2.05. The van der Waals surface area contributed by atoms with Gasteiger partial charge >= 0.3 is 0 Å². The minimum absolute atomic E-state index is 0.220. The normalized spacial score (nSPS) is 9.56. The molecule has 0 bridgehead atoms. The van der Waals surface area contributed by atoms with E-state index in [1.807, 2.05) is 0 Å². The topological polar surface area (TPSA) is 23.8 Å². The van der Waals surface area contributed by atoms with Gasteiger partial charge in [-0.1, -0.05) is 6.07 Å². The summed E-state index contributed by atoms with van der Waals surface area (Å²) in [7, 11) is 0. The van der Waals surface area contributed by atoms with E-state index < -0.39 is 0 Å². The standard InChI is InChI=1S/C7H7FN/c1-5-2-3-6(9)4-7(5)8/h2-4,9H,1H3. The minimum atomic E-state index is -0.303. The lowest BCUT2D eigenvalue weighted by atomic mass is 10.2. The average molecular weight is 124 g/mol. The molecule has 1 nitrogen and oxygen atoms in total. The Morgan fingerprint density at radius 1 is 1.44 bits per heavy atom. The molecule has 2 heteroatoms. The zero-order valence-corrected chi connectivity index (χ0v) is 5.11. The molecule has 0 aliphatic carbocycles. The van der Waals surface area contributed by atoms with Crippen molar-refractivity contribution in [2.45, 2.75) is 6.92 Å². The average Bonchev–Trinajstić information content (AvgIpc) is 1.80. The van der Waals surface area contributed by atoms with Gasteiger partial charge in [-0.05, 0) is 24.6 Å². The van der Waals surface area contributed by atoms with Crippen LogP contribution in [-0.2, 0) is 0 Å². The highest BCUT2D eigenvalue weighted by atomic mass is 19.1. The van der Waals surface area contributed by atoms with Gasteiger partial charge in [-0.15, -0.1) is 0 Å². The molecular weight excluding hydrogens is 117 g/mol. The van der Waals surface area contributed by atoms with E-state index in [0.29, 0.717) is 5.56 Å². The van der Waals surface area contributed by atoms with Crippen LogP contribution in [-0.4, -0.2) is 0 Å². The van der Waals surface area contributed by atoms with Crippen LogP contribution < -0.4 is 5.73 Å². The fourth-order valence-electron chi connectivity index (χ4n) is 0.593. The monoisotopic (exact) mass is 124 g/mol. The summed E-state index contributed by atoms with van der Waals surface area (Å²) < 4.78 is 12.5. The molecule has 0 heterocycles. The molecule has 1 rings (SSSR count). The van der Waals surface area contributed by atoms with Crippen LogP contribution in [0.3, 0.4) is 0 Å². The largest absolute Gasteiger partial charge is 0.301 e. The van der Waals surface area contributed by atoms with E-state index in [2.05, 4.69) is 0 Å². The second-order valence-electron chi connectivity index (χ2n) is 1.96. The molecule has 0 unspecified atom stereocenters. The number of benzene rings is 1. The molecule has 0 spiro atoms. The molecule has 0 aromatic heterocycles. The first kappa shape index (κ1) is 6.08. The summed E-state index contributed by atoms with van der Waals surface area (Å²) >= 11 is 0. The van der Waals surface area contributed by atoms with E-state index in [0.717, 1.165) is 0 Å². The van der Waals surface area contributed by atoms with E-state index in [-0.39, 0.29) is 11.5 Å². The Balaban J connectivity index is 3.17. The molecule has 9 heavy (non-hydrogen) atoms. The number of hydrogen-bond acceptors (Lipinski definition) is 0. The summed E-state index contributed by atoms with van der Waals surface area (Å²) in [5.74, 6) is -0.303. The summed E-state index contributed by atoms with van der Waals surface area (Å²) in [6.07, 6.45) is 0.